The van der Waals surface area contributed by atoms with Crippen molar-refractivity contribution in [2.45, 2.75) is 18.7 Å². The summed E-state index contributed by atoms with van der Waals surface area (Å²) >= 11 is 11.5. The molecule has 1 aliphatic rings. The summed E-state index contributed by atoms with van der Waals surface area (Å²) in [6.07, 6.45) is 1.30. The number of halogens is 1. The van der Waals surface area contributed by atoms with Gasteiger partial charge in [0.1, 0.15) is 16.3 Å². The Morgan fingerprint density at radius 3 is 2.50 bits per heavy atom. The number of benzene rings is 2. The van der Waals surface area contributed by atoms with Crippen LogP contribution >= 0.6 is 23.8 Å². The minimum absolute atomic E-state index is 0.0165. The van der Waals surface area contributed by atoms with Gasteiger partial charge in [-0.25, -0.2) is 13.1 Å². The first-order chi connectivity index (χ1) is 18.0. The molecule has 0 unspecified atom stereocenters. The van der Waals surface area contributed by atoms with Gasteiger partial charge in [-0.05, 0) is 55.9 Å². The number of morpholine rings is 1. The molecular weight excluding hydrogens is 552 g/mol. The normalized spacial score (nSPS) is 14.2. The molecule has 200 valence electrons. The van der Waals surface area contributed by atoms with Gasteiger partial charge in [0.05, 0.1) is 30.1 Å². The van der Waals surface area contributed by atoms with Crippen LogP contribution in [0.1, 0.15) is 31.8 Å². The standard InChI is InChI=1S/C24H25ClN6O5S2/c1-14-3-6-19(15(2)11-14)31-22(17(13-27-31)21(26)32)28-24(37)29-23(33)16-4-5-18(25)20(12-16)38(34,35)30-7-9-36-10-8-30/h3-6,11-13H,7-10H2,1-2H3,(H2,26,32)(H2,28,29,33,37). The largest absolute Gasteiger partial charge is 0.379 e. The number of ether oxygens (including phenoxy) is 1. The van der Waals surface area contributed by atoms with Gasteiger partial charge in [0, 0.05) is 18.7 Å². The van der Waals surface area contributed by atoms with Gasteiger partial charge in [-0.2, -0.15) is 9.40 Å². The number of carbonyl (C=O) groups excluding carboxylic acids is 2. The molecule has 4 rings (SSSR count). The number of thiocarbonyl (C=S) groups is 1. The van der Waals surface area contributed by atoms with E-state index in [1.54, 1.807) is 0 Å². The summed E-state index contributed by atoms with van der Waals surface area (Å²) in [5.41, 5.74) is 8.21. The molecule has 0 aliphatic carbocycles. The molecule has 1 saturated heterocycles. The Labute approximate surface area is 229 Å². The average Bonchev–Trinajstić information content (AvgIpc) is 3.27. The third-order valence-corrected chi connectivity index (χ3v) is 8.44. The van der Waals surface area contributed by atoms with E-state index >= 15 is 0 Å². The second-order valence-electron chi connectivity index (χ2n) is 8.54. The zero-order valence-electron chi connectivity index (χ0n) is 20.5. The molecule has 2 heterocycles. The molecule has 0 bridgehead atoms. The van der Waals surface area contributed by atoms with Gasteiger partial charge in [0.15, 0.2) is 5.11 Å². The van der Waals surface area contributed by atoms with E-state index in [-0.39, 0.29) is 58.3 Å². The summed E-state index contributed by atoms with van der Waals surface area (Å²) in [6.45, 7) is 4.73. The van der Waals surface area contributed by atoms with Crippen LogP contribution in [0.5, 0.6) is 0 Å². The number of anilines is 1. The van der Waals surface area contributed by atoms with E-state index in [1.807, 2.05) is 32.0 Å². The van der Waals surface area contributed by atoms with Crippen LogP contribution in [0, 0.1) is 13.8 Å². The number of nitrogens with one attached hydrogen (secondary N) is 2. The van der Waals surface area contributed by atoms with E-state index in [0.29, 0.717) is 5.69 Å². The Kier molecular flexibility index (Phi) is 8.13. The fraction of sp³-hybridized carbons (Fsp3) is 0.250. The minimum Gasteiger partial charge on any atom is -0.379 e. The van der Waals surface area contributed by atoms with Crippen molar-refractivity contribution in [1.82, 2.24) is 19.4 Å². The minimum atomic E-state index is -3.95. The highest BCUT2D eigenvalue weighted by Gasteiger charge is 2.29. The predicted molar refractivity (Wildman–Crippen MR) is 146 cm³/mol. The summed E-state index contributed by atoms with van der Waals surface area (Å²) in [7, 11) is -3.95. The van der Waals surface area contributed by atoms with Crippen LogP contribution in [-0.4, -0.2) is 65.7 Å². The SMILES string of the molecule is Cc1ccc(-n2ncc(C(N)=O)c2NC(=S)NC(=O)c2ccc(Cl)c(S(=O)(=O)N3CCOCC3)c2)c(C)c1. The van der Waals surface area contributed by atoms with Crippen molar-refractivity contribution < 1.29 is 22.7 Å². The van der Waals surface area contributed by atoms with Crippen molar-refractivity contribution in [3.63, 3.8) is 0 Å². The number of amides is 2. The number of nitrogens with two attached hydrogens (primary N) is 1. The van der Waals surface area contributed by atoms with Crippen LogP contribution in [0.4, 0.5) is 5.82 Å². The highest BCUT2D eigenvalue weighted by Crippen LogP contribution is 2.27. The zero-order chi connectivity index (χ0) is 27.6. The summed E-state index contributed by atoms with van der Waals surface area (Å²) in [5, 5.41) is 9.41. The lowest BCUT2D eigenvalue weighted by atomic mass is 10.1. The highest BCUT2D eigenvalue weighted by atomic mass is 35.5. The first-order valence-corrected chi connectivity index (χ1v) is 13.7. The fourth-order valence-corrected chi connectivity index (χ4v) is 6.05. The molecule has 0 spiro atoms. The second kappa shape index (κ2) is 11.2. The molecule has 1 aliphatic heterocycles. The second-order valence-corrected chi connectivity index (χ2v) is 11.3. The Bertz CT molecular complexity index is 1530. The van der Waals surface area contributed by atoms with Crippen molar-refractivity contribution in [2.24, 2.45) is 5.73 Å². The molecule has 11 nitrogen and oxygen atoms in total. The van der Waals surface area contributed by atoms with Crippen molar-refractivity contribution in [3.8, 4) is 5.69 Å². The van der Waals surface area contributed by atoms with E-state index in [4.69, 9.17) is 34.3 Å². The highest BCUT2D eigenvalue weighted by molar-refractivity contribution is 7.89. The summed E-state index contributed by atoms with van der Waals surface area (Å²) in [6, 6.07) is 9.59. The van der Waals surface area contributed by atoms with Gasteiger partial charge in [-0.1, -0.05) is 29.3 Å². The van der Waals surface area contributed by atoms with E-state index in [1.165, 1.54) is 33.4 Å². The molecule has 1 aromatic heterocycles. The number of rotatable bonds is 6. The molecule has 3 aromatic rings. The maximum Gasteiger partial charge on any atom is 0.257 e. The molecular formula is C24H25ClN6O5S2. The summed E-state index contributed by atoms with van der Waals surface area (Å²) < 4.78 is 34.1. The quantitative estimate of drug-likeness (QED) is 0.379. The lowest BCUT2D eigenvalue weighted by Crippen LogP contribution is -2.40. The first-order valence-electron chi connectivity index (χ1n) is 11.4. The maximum absolute atomic E-state index is 13.1. The van der Waals surface area contributed by atoms with Crippen LogP contribution in [0.3, 0.4) is 0 Å². The Morgan fingerprint density at radius 2 is 1.84 bits per heavy atom. The topological polar surface area (TPSA) is 149 Å². The number of nitrogens with zero attached hydrogens (tertiary/aromatic N) is 3. The lowest BCUT2D eigenvalue weighted by molar-refractivity contribution is 0.0730. The Balaban J connectivity index is 1.58. The van der Waals surface area contributed by atoms with Crippen LogP contribution in [0.25, 0.3) is 5.69 Å². The van der Waals surface area contributed by atoms with Crippen LogP contribution in [0.2, 0.25) is 5.02 Å². The molecule has 2 amide bonds. The monoisotopic (exact) mass is 576 g/mol. The van der Waals surface area contributed by atoms with Crippen molar-refractivity contribution in [3.05, 3.63) is 69.9 Å². The first kappa shape index (κ1) is 27.7. The molecule has 0 radical (unpaired) electrons. The molecule has 0 atom stereocenters. The molecule has 2 aromatic carbocycles. The van der Waals surface area contributed by atoms with Crippen LogP contribution in [0.15, 0.2) is 47.5 Å². The average molecular weight is 577 g/mol. The van der Waals surface area contributed by atoms with Crippen LogP contribution in [-0.2, 0) is 14.8 Å². The van der Waals surface area contributed by atoms with Crippen molar-refractivity contribution >= 4 is 56.6 Å². The molecule has 38 heavy (non-hydrogen) atoms. The van der Waals surface area contributed by atoms with Gasteiger partial charge in [0.2, 0.25) is 10.0 Å². The number of hydrogen-bond donors (Lipinski definition) is 3. The third kappa shape index (κ3) is 5.71. The van der Waals surface area contributed by atoms with Crippen LogP contribution < -0.4 is 16.4 Å². The van der Waals surface area contributed by atoms with Gasteiger partial charge in [-0.3, -0.25) is 14.9 Å². The molecule has 4 N–H and O–H groups in total. The van der Waals surface area contributed by atoms with E-state index in [9.17, 15) is 18.0 Å². The zero-order valence-corrected chi connectivity index (χ0v) is 22.9. The Morgan fingerprint density at radius 1 is 1.13 bits per heavy atom. The number of sulfonamides is 1. The Hall–Kier alpha value is -3.36. The number of aromatic nitrogens is 2. The summed E-state index contributed by atoms with van der Waals surface area (Å²) in [5.74, 6) is -1.26. The molecule has 1 fully saturated rings. The predicted octanol–water partition coefficient (Wildman–Crippen LogP) is 2.39. The smallest absolute Gasteiger partial charge is 0.257 e. The number of primary amides is 1. The van der Waals surface area contributed by atoms with Crippen molar-refractivity contribution in [1.29, 1.82) is 0 Å². The van der Waals surface area contributed by atoms with Crippen molar-refractivity contribution in [2.75, 3.05) is 31.6 Å². The fourth-order valence-electron chi connectivity index (χ4n) is 3.96. The molecule has 14 heteroatoms. The van der Waals surface area contributed by atoms with Gasteiger partial charge in [0.25, 0.3) is 11.8 Å². The number of carbonyl (C=O) groups is 2. The van der Waals surface area contributed by atoms with Gasteiger partial charge < -0.3 is 15.8 Å². The maximum atomic E-state index is 13.1. The van der Waals surface area contributed by atoms with Gasteiger partial charge >= 0.3 is 0 Å². The summed E-state index contributed by atoms with van der Waals surface area (Å²) in [4.78, 5) is 24.8. The number of aryl methyl sites for hydroxylation is 2. The molecule has 0 saturated carbocycles. The third-order valence-electron chi connectivity index (χ3n) is 5.86. The van der Waals surface area contributed by atoms with E-state index < -0.39 is 21.8 Å². The van der Waals surface area contributed by atoms with E-state index in [0.717, 1.165) is 11.1 Å². The van der Waals surface area contributed by atoms with Gasteiger partial charge in [-0.15, -0.1) is 0 Å². The lowest BCUT2D eigenvalue weighted by Gasteiger charge is -2.26. The van der Waals surface area contributed by atoms with E-state index in [2.05, 4.69) is 15.7 Å². The number of hydrogen-bond acceptors (Lipinski definition) is 7.